The number of fused-ring (bicyclic) bond motifs is 1. The largest absolute Gasteiger partial charge is 0.478 e. The number of ether oxygens (including phenoxy) is 2. The fourth-order valence-electron chi connectivity index (χ4n) is 3.81. The molecule has 1 atom stereocenters. The summed E-state index contributed by atoms with van der Waals surface area (Å²) in [7, 11) is -3.62. The molecule has 176 valence electrons. The van der Waals surface area contributed by atoms with E-state index in [4.69, 9.17) is 21.1 Å². The maximum Gasteiger partial charge on any atom is 0.265 e. The van der Waals surface area contributed by atoms with Gasteiger partial charge in [-0.2, -0.15) is 0 Å². The topological polar surface area (TPSA) is 105 Å². The maximum atomic E-state index is 13.1. The van der Waals surface area contributed by atoms with E-state index in [0.717, 1.165) is 6.26 Å². The number of nitrogens with one attached hydrogen (secondary N) is 1. The number of nitrogens with zero attached hydrogens (tertiary/aromatic N) is 2. The number of para-hydroxylation sites is 1. The normalized spacial score (nSPS) is 18.7. The van der Waals surface area contributed by atoms with Crippen LogP contribution in [-0.2, 0) is 19.6 Å². The zero-order valence-corrected chi connectivity index (χ0v) is 19.6. The van der Waals surface area contributed by atoms with Gasteiger partial charge in [0, 0.05) is 31.1 Å². The number of hydrogen-bond donors (Lipinski definition) is 1. The highest BCUT2D eigenvalue weighted by molar-refractivity contribution is 7.92. The molecular formula is C22H24ClN3O6S. The van der Waals surface area contributed by atoms with Crippen LogP contribution in [0.2, 0.25) is 5.02 Å². The zero-order chi connectivity index (χ0) is 23.6. The van der Waals surface area contributed by atoms with Crippen molar-refractivity contribution in [1.29, 1.82) is 0 Å². The van der Waals surface area contributed by atoms with Gasteiger partial charge in [-0.25, -0.2) is 8.42 Å². The van der Waals surface area contributed by atoms with Crippen molar-refractivity contribution >= 4 is 44.8 Å². The van der Waals surface area contributed by atoms with E-state index in [1.165, 1.54) is 16.4 Å². The van der Waals surface area contributed by atoms with E-state index >= 15 is 0 Å². The molecule has 1 unspecified atom stereocenters. The monoisotopic (exact) mass is 493 g/mol. The molecule has 2 heterocycles. The van der Waals surface area contributed by atoms with Gasteiger partial charge in [0.25, 0.3) is 11.8 Å². The fourth-order valence-corrected chi connectivity index (χ4v) is 4.91. The zero-order valence-electron chi connectivity index (χ0n) is 18.0. The average Bonchev–Trinajstić information content (AvgIpc) is 2.99. The van der Waals surface area contributed by atoms with E-state index < -0.39 is 22.0 Å². The second-order valence-electron chi connectivity index (χ2n) is 7.78. The van der Waals surface area contributed by atoms with Gasteiger partial charge in [0.1, 0.15) is 5.75 Å². The van der Waals surface area contributed by atoms with Crippen molar-refractivity contribution in [2.75, 3.05) is 48.7 Å². The predicted molar refractivity (Wildman–Crippen MR) is 124 cm³/mol. The molecule has 0 saturated carbocycles. The Labute approximate surface area is 197 Å². The Morgan fingerprint density at radius 2 is 1.82 bits per heavy atom. The number of carbonyl (C=O) groups is 2. The summed E-state index contributed by atoms with van der Waals surface area (Å²) in [5, 5.41) is 3.14. The van der Waals surface area contributed by atoms with Crippen molar-refractivity contribution in [3.8, 4) is 5.75 Å². The molecule has 1 saturated heterocycles. The molecule has 2 aliphatic heterocycles. The van der Waals surface area contributed by atoms with Crippen molar-refractivity contribution in [1.82, 2.24) is 4.90 Å². The number of amides is 2. The molecule has 0 bridgehead atoms. The van der Waals surface area contributed by atoms with Crippen LogP contribution in [0.3, 0.4) is 0 Å². The minimum atomic E-state index is -3.62. The lowest BCUT2D eigenvalue weighted by atomic mass is 10.1. The fraction of sp³-hybridized carbons (Fsp3) is 0.364. The average molecular weight is 494 g/mol. The Hall–Kier alpha value is -2.82. The van der Waals surface area contributed by atoms with E-state index in [1.54, 1.807) is 35.2 Å². The molecular weight excluding hydrogens is 470 g/mol. The van der Waals surface area contributed by atoms with E-state index in [1.807, 2.05) is 0 Å². The highest BCUT2D eigenvalue weighted by Gasteiger charge is 2.32. The summed E-state index contributed by atoms with van der Waals surface area (Å²) < 4.78 is 37.0. The maximum absolute atomic E-state index is 13.1. The van der Waals surface area contributed by atoms with Crippen LogP contribution < -0.4 is 14.4 Å². The van der Waals surface area contributed by atoms with Crippen molar-refractivity contribution in [2.24, 2.45) is 0 Å². The summed E-state index contributed by atoms with van der Waals surface area (Å²) >= 11 is 6.06. The van der Waals surface area contributed by atoms with E-state index in [2.05, 4.69) is 5.32 Å². The summed E-state index contributed by atoms with van der Waals surface area (Å²) in [4.78, 5) is 27.8. The molecule has 1 fully saturated rings. The first kappa shape index (κ1) is 23.3. The number of morpholine rings is 1. The molecule has 0 aromatic heterocycles. The van der Waals surface area contributed by atoms with Crippen LogP contribution in [0, 0.1) is 0 Å². The van der Waals surface area contributed by atoms with Crippen LogP contribution in [0.1, 0.15) is 16.8 Å². The lowest BCUT2D eigenvalue weighted by molar-refractivity contribution is -0.122. The number of anilines is 2. The lowest BCUT2D eigenvalue weighted by Crippen LogP contribution is -2.41. The predicted octanol–water partition coefficient (Wildman–Crippen LogP) is 2.37. The quantitative estimate of drug-likeness (QED) is 0.701. The third-order valence-electron chi connectivity index (χ3n) is 5.46. The van der Waals surface area contributed by atoms with Gasteiger partial charge in [0.15, 0.2) is 6.10 Å². The molecule has 9 nitrogen and oxygen atoms in total. The van der Waals surface area contributed by atoms with E-state index in [0.29, 0.717) is 42.6 Å². The summed E-state index contributed by atoms with van der Waals surface area (Å²) in [6.45, 7) is 1.94. The summed E-state index contributed by atoms with van der Waals surface area (Å²) in [6.07, 6.45) is 0.235. The Morgan fingerprint density at radius 1 is 1.09 bits per heavy atom. The van der Waals surface area contributed by atoms with Gasteiger partial charge < -0.3 is 19.7 Å². The van der Waals surface area contributed by atoms with Gasteiger partial charge in [0.05, 0.1) is 36.4 Å². The molecule has 2 aromatic carbocycles. The van der Waals surface area contributed by atoms with Crippen LogP contribution in [0.5, 0.6) is 5.75 Å². The van der Waals surface area contributed by atoms with Crippen LogP contribution in [0.15, 0.2) is 42.5 Å². The van der Waals surface area contributed by atoms with Crippen molar-refractivity contribution < 1.29 is 27.5 Å². The van der Waals surface area contributed by atoms with Crippen LogP contribution in [-0.4, -0.2) is 70.3 Å². The standard InChI is InChI=1S/C22H24ClN3O6S/c1-33(29,30)26-9-8-20(32-19-7-6-15(23)14-18(19)26)21(27)24-17-5-3-2-4-16(17)22(28)25-10-12-31-13-11-25/h2-7,14,20H,8-13H2,1H3,(H,24,27). The number of halogens is 1. The smallest absolute Gasteiger partial charge is 0.265 e. The van der Waals surface area contributed by atoms with Gasteiger partial charge in [-0.15, -0.1) is 0 Å². The van der Waals surface area contributed by atoms with Crippen molar-refractivity contribution in [3.63, 3.8) is 0 Å². The number of sulfonamides is 1. The Balaban J connectivity index is 1.56. The van der Waals surface area contributed by atoms with Gasteiger partial charge >= 0.3 is 0 Å². The molecule has 1 N–H and O–H groups in total. The van der Waals surface area contributed by atoms with Gasteiger partial charge in [0.2, 0.25) is 10.0 Å². The number of hydrogen-bond acceptors (Lipinski definition) is 6. The molecule has 0 spiro atoms. The summed E-state index contributed by atoms with van der Waals surface area (Å²) in [6, 6.07) is 11.4. The van der Waals surface area contributed by atoms with Crippen LogP contribution in [0.4, 0.5) is 11.4 Å². The highest BCUT2D eigenvalue weighted by atomic mass is 35.5. The van der Waals surface area contributed by atoms with Crippen LogP contribution >= 0.6 is 11.6 Å². The Bertz CT molecular complexity index is 1170. The number of carbonyl (C=O) groups excluding carboxylic acids is 2. The van der Waals surface area contributed by atoms with Gasteiger partial charge in [-0.1, -0.05) is 23.7 Å². The molecule has 2 aromatic rings. The molecule has 0 aliphatic carbocycles. The van der Waals surface area contributed by atoms with Gasteiger partial charge in [-0.3, -0.25) is 13.9 Å². The van der Waals surface area contributed by atoms with Crippen molar-refractivity contribution in [2.45, 2.75) is 12.5 Å². The molecule has 4 rings (SSSR count). The first-order valence-electron chi connectivity index (χ1n) is 10.4. The highest BCUT2D eigenvalue weighted by Crippen LogP contribution is 2.36. The molecule has 0 radical (unpaired) electrons. The third kappa shape index (κ3) is 5.23. The van der Waals surface area contributed by atoms with E-state index in [-0.39, 0.29) is 30.3 Å². The Kier molecular flexibility index (Phi) is 6.78. The minimum Gasteiger partial charge on any atom is -0.478 e. The van der Waals surface area contributed by atoms with Crippen LogP contribution in [0.25, 0.3) is 0 Å². The van der Waals surface area contributed by atoms with Crippen molar-refractivity contribution in [3.05, 3.63) is 53.1 Å². The lowest BCUT2D eigenvalue weighted by Gasteiger charge is -2.27. The summed E-state index contributed by atoms with van der Waals surface area (Å²) in [5.74, 6) is -0.437. The minimum absolute atomic E-state index is 0.0403. The molecule has 2 aliphatic rings. The SMILES string of the molecule is CS(=O)(=O)N1CCC(C(=O)Nc2ccccc2C(=O)N2CCOCC2)Oc2ccc(Cl)cc21. The number of benzene rings is 2. The molecule has 11 heteroatoms. The first-order valence-corrected chi connectivity index (χ1v) is 12.7. The Morgan fingerprint density at radius 3 is 2.55 bits per heavy atom. The second kappa shape index (κ2) is 9.58. The number of rotatable bonds is 4. The summed E-state index contributed by atoms with van der Waals surface area (Å²) in [5.41, 5.74) is 1.01. The van der Waals surface area contributed by atoms with E-state index in [9.17, 15) is 18.0 Å². The molecule has 33 heavy (non-hydrogen) atoms. The second-order valence-corrected chi connectivity index (χ2v) is 10.1. The first-order chi connectivity index (χ1) is 15.7. The molecule has 2 amide bonds. The third-order valence-corrected chi connectivity index (χ3v) is 6.87. The van der Waals surface area contributed by atoms with Gasteiger partial charge in [-0.05, 0) is 30.3 Å².